The molecule has 0 aliphatic carbocycles. The number of hydrogen-bond donors (Lipinski definition) is 1. The van der Waals surface area contributed by atoms with E-state index in [0.29, 0.717) is 0 Å². The summed E-state index contributed by atoms with van der Waals surface area (Å²) in [5, 5.41) is 3.28. The smallest absolute Gasteiger partial charge is 0.0798 e. The first-order chi connectivity index (χ1) is 7.79. The minimum absolute atomic E-state index is 0. The van der Waals surface area contributed by atoms with Crippen LogP contribution in [0.5, 0.6) is 0 Å². The van der Waals surface area contributed by atoms with Gasteiger partial charge in [0, 0.05) is 11.4 Å². The quantitative estimate of drug-likeness (QED) is 0.914. The van der Waals surface area contributed by atoms with Gasteiger partial charge in [-0.05, 0) is 52.4 Å². The van der Waals surface area contributed by atoms with Crippen molar-refractivity contribution in [1.82, 2.24) is 15.2 Å². The predicted octanol–water partition coefficient (Wildman–Crippen LogP) is 2.30. The highest BCUT2D eigenvalue weighted by atomic mass is 35.5. The number of nitrogens with zero attached hydrogens (tertiary/aromatic N) is 2. The molecule has 3 nitrogen and oxygen atoms in total. The highest BCUT2D eigenvalue weighted by molar-refractivity contribution is 7.09. The van der Waals surface area contributed by atoms with E-state index in [4.69, 9.17) is 0 Å². The van der Waals surface area contributed by atoms with Crippen molar-refractivity contribution in [2.75, 3.05) is 26.7 Å². The number of aryl methyl sites for hydroxylation is 1. The molecule has 2 rings (SSSR count). The van der Waals surface area contributed by atoms with E-state index < -0.39 is 0 Å². The zero-order valence-electron chi connectivity index (χ0n) is 10.6. The van der Waals surface area contributed by atoms with Gasteiger partial charge in [0.2, 0.25) is 0 Å². The summed E-state index contributed by atoms with van der Waals surface area (Å²) >= 11 is 1.79. The molecule has 1 aromatic rings. The van der Waals surface area contributed by atoms with Gasteiger partial charge >= 0.3 is 0 Å². The molecule has 17 heavy (non-hydrogen) atoms. The van der Waals surface area contributed by atoms with Crippen LogP contribution in [-0.4, -0.2) is 36.6 Å². The van der Waals surface area contributed by atoms with E-state index in [1.807, 2.05) is 12.6 Å². The van der Waals surface area contributed by atoms with E-state index in [9.17, 15) is 0 Å². The van der Waals surface area contributed by atoms with Gasteiger partial charge in [0.25, 0.3) is 0 Å². The van der Waals surface area contributed by atoms with Crippen LogP contribution in [0.3, 0.4) is 0 Å². The highest BCUT2D eigenvalue weighted by Crippen LogP contribution is 2.21. The van der Waals surface area contributed by atoms with E-state index in [0.717, 1.165) is 12.5 Å². The Morgan fingerprint density at radius 2 is 2.18 bits per heavy atom. The van der Waals surface area contributed by atoms with E-state index in [1.165, 1.54) is 43.0 Å². The maximum Gasteiger partial charge on any atom is 0.0798 e. The van der Waals surface area contributed by atoms with Gasteiger partial charge in [-0.25, -0.2) is 4.98 Å². The van der Waals surface area contributed by atoms with Crippen molar-refractivity contribution in [3.05, 3.63) is 16.1 Å². The van der Waals surface area contributed by atoms with Gasteiger partial charge in [0.15, 0.2) is 0 Å². The molecule has 2 heterocycles. The summed E-state index contributed by atoms with van der Waals surface area (Å²) in [4.78, 5) is 8.31. The van der Waals surface area contributed by atoms with Gasteiger partial charge in [-0.15, -0.1) is 23.7 Å². The third-order valence-corrected chi connectivity index (χ3v) is 4.33. The second kappa shape index (κ2) is 7.31. The molecule has 0 radical (unpaired) electrons. The Kier molecular flexibility index (Phi) is 6.41. The molecule has 1 fully saturated rings. The lowest BCUT2D eigenvalue weighted by Crippen LogP contribution is -2.36. The summed E-state index contributed by atoms with van der Waals surface area (Å²) in [5.41, 5.74) is 3.17. The topological polar surface area (TPSA) is 28.2 Å². The molecule has 98 valence electrons. The minimum atomic E-state index is 0. The van der Waals surface area contributed by atoms with Crippen LogP contribution >= 0.6 is 23.7 Å². The molecular formula is C12H22ClN3S. The number of hydrogen-bond acceptors (Lipinski definition) is 4. The summed E-state index contributed by atoms with van der Waals surface area (Å²) in [6, 6.07) is 0. The molecule has 0 bridgehead atoms. The van der Waals surface area contributed by atoms with Crippen molar-refractivity contribution in [3.8, 4) is 0 Å². The second-order valence-electron chi connectivity index (χ2n) is 4.64. The SMILES string of the molecule is CNCC1CCN(Cc2scnc2C)CC1.Cl. The summed E-state index contributed by atoms with van der Waals surface area (Å²) in [5.74, 6) is 0.879. The number of aromatic nitrogens is 1. The van der Waals surface area contributed by atoms with Crippen LogP contribution in [0.4, 0.5) is 0 Å². The van der Waals surface area contributed by atoms with Gasteiger partial charge < -0.3 is 5.32 Å². The zero-order chi connectivity index (χ0) is 11.4. The molecule has 1 aromatic heterocycles. The molecule has 0 amide bonds. The van der Waals surface area contributed by atoms with E-state index in [1.54, 1.807) is 11.3 Å². The Labute approximate surface area is 114 Å². The Balaban J connectivity index is 0.00000144. The van der Waals surface area contributed by atoms with Gasteiger partial charge in [0.1, 0.15) is 0 Å². The normalized spacial score (nSPS) is 18.0. The number of piperidine rings is 1. The first kappa shape index (κ1) is 14.9. The molecule has 1 aliphatic rings. The van der Waals surface area contributed by atoms with Crippen molar-refractivity contribution in [2.45, 2.75) is 26.3 Å². The first-order valence-corrected chi connectivity index (χ1v) is 6.93. The van der Waals surface area contributed by atoms with Crippen LogP contribution in [-0.2, 0) is 6.54 Å². The number of rotatable bonds is 4. The Bertz CT molecular complexity index is 321. The molecule has 0 saturated carbocycles. The van der Waals surface area contributed by atoms with Crippen LogP contribution in [0.1, 0.15) is 23.4 Å². The Morgan fingerprint density at radius 1 is 1.47 bits per heavy atom. The summed E-state index contributed by atoms with van der Waals surface area (Å²) < 4.78 is 0. The molecule has 0 unspecified atom stereocenters. The summed E-state index contributed by atoms with van der Waals surface area (Å²) in [7, 11) is 2.05. The fourth-order valence-electron chi connectivity index (χ4n) is 2.32. The standard InChI is InChI=1S/C12H21N3S.ClH/c1-10-12(16-9-14-10)8-15-5-3-11(4-6-15)7-13-2;/h9,11,13H,3-8H2,1-2H3;1H. The third kappa shape index (κ3) is 4.21. The average Bonchev–Trinajstić information content (AvgIpc) is 2.68. The van der Waals surface area contributed by atoms with Crippen molar-refractivity contribution in [1.29, 1.82) is 0 Å². The lowest BCUT2D eigenvalue weighted by molar-refractivity contribution is 0.178. The van der Waals surface area contributed by atoms with Crippen molar-refractivity contribution < 1.29 is 0 Å². The summed E-state index contributed by atoms with van der Waals surface area (Å²) in [6.07, 6.45) is 2.66. The molecule has 1 aliphatic heterocycles. The molecule has 1 saturated heterocycles. The van der Waals surface area contributed by atoms with E-state index >= 15 is 0 Å². The van der Waals surface area contributed by atoms with Gasteiger partial charge in [-0.1, -0.05) is 0 Å². The summed E-state index contributed by atoms with van der Waals surface area (Å²) in [6.45, 7) is 6.86. The van der Waals surface area contributed by atoms with Crippen LogP contribution in [0, 0.1) is 12.8 Å². The molecule has 0 atom stereocenters. The largest absolute Gasteiger partial charge is 0.319 e. The van der Waals surface area contributed by atoms with Gasteiger partial charge in [-0.3, -0.25) is 4.90 Å². The second-order valence-corrected chi connectivity index (χ2v) is 5.58. The molecule has 0 spiro atoms. The van der Waals surface area contributed by atoms with Crippen LogP contribution in [0.25, 0.3) is 0 Å². The fourth-order valence-corrected chi connectivity index (χ4v) is 3.14. The Morgan fingerprint density at radius 3 is 2.71 bits per heavy atom. The predicted molar refractivity (Wildman–Crippen MR) is 76.0 cm³/mol. The van der Waals surface area contributed by atoms with Crippen molar-refractivity contribution in [3.63, 3.8) is 0 Å². The molecule has 5 heteroatoms. The van der Waals surface area contributed by atoms with Gasteiger partial charge in [-0.2, -0.15) is 0 Å². The lowest BCUT2D eigenvalue weighted by Gasteiger charge is -2.31. The maximum atomic E-state index is 4.31. The van der Waals surface area contributed by atoms with Crippen LogP contribution in [0.15, 0.2) is 5.51 Å². The lowest BCUT2D eigenvalue weighted by atomic mass is 9.97. The number of likely N-dealkylation sites (tertiary alicyclic amines) is 1. The number of nitrogens with one attached hydrogen (secondary N) is 1. The third-order valence-electron chi connectivity index (χ3n) is 3.41. The maximum absolute atomic E-state index is 4.31. The van der Waals surface area contributed by atoms with E-state index in [-0.39, 0.29) is 12.4 Å². The molecule has 1 N–H and O–H groups in total. The monoisotopic (exact) mass is 275 g/mol. The fraction of sp³-hybridized carbons (Fsp3) is 0.750. The van der Waals surface area contributed by atoms with E-state index in [2.05, 4.69) is 22.1 Å². The first-order valence-electron chi connectivity index (χ1n) is 6.05. The molecule has 0 aromatic carbocycles. The van der Waals surface area contributed by atoms with Gasteiger partial charge in [0.05, 0.1) is 11.2 Å². The molecular weight excluding hydrogens is 254 g/mol. The number of halogens is 1. The van der Waals surface area contributed by atoms with Crippen molar-refractivity contribution in [2.24, 2.45) is 5.92 Å². The highest BCUT2D eigenvalue weighted by Gasteiger charge is 2.19. The minimum Gasteiger partial charge on any atom is -0.319 e. The van der Waals surface area contributed by atoms with Crippen LogP contribution < -0.4 is 5.32 Å². The average molecular weight is 276 g/mol. The zero-order valence-corrected chi connectivity index (χ0v) is 12.2. The van der Waals surface area contributed by atoms with Crippen LogP contribution in [0.2, 0.25) is 0 Å². The number of thiazole rings is 1. The van der Waals surface area contributed by atoms with Crippen molar-refractivity contribution >= 4 is 23.7 Å². The Hall–Kier alpha value is -0.160.